The third kappa shape index (κ3) is 2.61. The van der Waals surface area contributed by atoms with Crippen molar-refractivity contribution in [3.05, 3.63) is 29.5 Å². The van der Waals surface area contributed by atoms with Crippen molar-refractivity contribution in [2.24, 2.45) is 9.98 Å². The zero-order chi connectivity index (χ0) is 13.2. The summed E-state index contributed by atoms with van der Waals surface area (Å²) in [5.74, 6) is 0. The van der Waals surface area contributed by atoms with Gasteiger partial charge in [0.2, 0.25) is 0 Å². The average molecular weight is 293 g/mol. The summed E-state index contributed by atoms with van der Waals surface area (Å²) < 4.78 is 5.07. The number of benzene rings is 1. The average Bonchev–Trinajstić information content (AvgIpc) is 3.02. The highest BCUT2D eigenvalue weighted by Gasteiger charge is 2.12. The van der Waals surface area contributed by atoms with Crippen LogP contribution in [0, 0.1) is 0 Å². The number of ether oxygens (including phenoxy) is 1. The lowest BCUT2D eigenvalue weighted by Crippen LogP contribution is -1.99. The van der Waals surface area contributed by atoms with Crippen LogP contribution in [-0.4, -0.2) is 41.9 Å². The van der Waals surface area contributed by atoms with Gasteiger partial charge in [0.25, 0.3) is 0 Å². The summed E-state index contributed by atoms with van der Waals surface area (Å²) in [5.41, 5.74) is 3.35. The standard InChI is InChI=1S/C13H12N4O2.ClH/c1-19-5-4-11-9-6-8(2-3-10(9)16-17-11)12-7-14-13(18)15-12;/h2-3,6-7H,4-5H2,1H3,(H,16,17);1H. The predicted molar refractivity (Wildman–Crippen MR) is 79.3 cm³/mol. The van der Waals surface area contributed by atoms with Gasteiger partial charge in [-0.25, -0.2) is 4.79 Å². The molecule has 2 heterocycles. The molecule has 1 aromatic carbocycles. The van der Waals surface area contributed by atoms with Crippen LogP contribution in [0.1, 0.15) is 11.3 Å². The molecule has 0 fully saturated rings. The van der Waals surface area contributed by atoms with Crippen molar-refractivity contribution >= 4 is 41.3 Å². The molecule has 1 aromatic heterocycles. The van der Waals surface area contributed by atoms with Crippen molar-refractivity contribution in [3.63, 3.8) is 0 Å². The fourth-order valence-corrected chi connectivity index (χ4v) is 2.03. The molecule has 20 heavy (non-hydrogen) atoms. The largest absolute Gasteiger partial charge is 0.384 e. The number of hydrogen-bond acceptors (Lipinski definition) is 3. The highest BCUT2D eigenvalue weighted by atomic mass is 35.5. The molecule has 7 heteroatoms. The third-order valence-electron chi connectivity index (χ3n) is 3.00. The SMILES string of the molecule is COCCc1[nH]nc2ccc(C3=NC(=O)N=C3)cc12.Cl. The van der Waals surface area contributed by atoms with Gasteiger partial charge in [0, 0.05) is 30.2 Å². The maximum atomic E-state index is 11.0. The van der Waals surface area contributed by atoms with Crippen LogP contribution < -0.4 is 0 Å². The minimum Gasteiger partial charge on any atom is -0.384 e. The first-order valence-corrected chi connectivity index (χ1v) is 5.91. The number of halogens is 1. The third-order valence-corrected chi connectivity index (χ3v) is 3.00. The van der Waals surface area contributed by atoms with Gasteiger partial charge in [-0.3, -0.25) is 5.10 Å². The molecule has 104 valence electrons. The van der Waals surface area contributed by atoms with Crippen LogP contribution in [0.25, 0.3) is 10.9 Å². The van der Waals surface area contributed by atoms with Gasteiger partial charge in [-0.2, -0.15) is 15.1 Å². The van der Waals surface area contributed by atoms with Gasteiger partial charge in [-0.1, -0.05) is 6.07 Å². The molecule has 2 amide bonds. The Bertz CT molecular complexity index is 705. The first-order valence-electron chi connectivity index (χ1n) is 5.91. The normalized spacial score (nSPS) is 13.7. The number of rotatable bonds is 4. The Morgan fingerprint density at radius 1 is 1.35 bits per heavy atom. The molecule has 0 saturated heterocycles. The van der Waals surface area contributed by atoms with E-state index in [1.54, 1.807) is 7.11 Å². The molecule has 0 atom stereocenters. The van der Waals surface area contributed by atoms with Crippen LogP contribution in [0.3, 0.4) is 0 Å². The number of carbonyl (C=O) groups excluding carboxylic acids is 1. The van der Waals surface area contributed by atoms with Crippen molar-refractivity contribution in [1.82, 2.24) is 10.2 Å². The second-order valence-corrected chi connectivity index (χ2v) is 4.21. The van der Waals surface area contributed by atoms with E-state index in [9.17, 15) is 4.79 Å². The van der Waals surface area contributed by atoms with E-state index < -0.39 is 6.03 Å². The summed E-state index contributed by atoms with van der Waals surface area (Å²) in [6.45, 7) is 0.627. The fourth-order valence-electron chi connectivity index (χ4n) is 2.03. The highest BCUT2D eigenvalue weighted by molar-refractivity contribution is 6.44. The molecule has 1 N–H and O–H groups in total. The summed E-state index contributed by atoms with van der Waals surface area (Å²) in [4.78, 5) is 18.5. The Morgan fingerprint density at radius 3 is 2.90 bits per heavy atom. The minimum atomic E-state index is -0.457. The van der Waals surface area contributed by atoms with E-state index in [1.807, 2.05) is 18.2 Å². The fraction of sp³-hybridized carbons (Fsp3) is 0.231. The van der Waals surface area contributed by atoms with Crippen molar-refractivity contribution in [2.45, 2.75) is 6.42 Å². The van der Waals surface area contributed by atoms with E-state index in [1.165, 1.54) is 6.21 Å². The first kappa shape index (κ1) is 14.4. The van der Waals surface area contributed by atoms with E-state index in [-0.39, 0.29) is 12.4 Å². The molecular formula is C13H13ClN4O2. The number of H-pyrrole nitrogens is 1. The van der Waals surface area contributed by atoms with Crippen molar-refractivity contribution in [3.8, 4) is 0 Å². The number of aromatic nitrogens is 2. The van der Waals surface area contributed by atoms with Gasteiger partial charge in [-0.05, 0) is 12.1 Å². The maximum Gasteiger partial charge on any atom is 0.367 e. The van der Waals surface area contributed by atoms with Gasteiger partial charge >= 0.3 is 6.03 Å². The van der Waals surface area contributed by atoms with Gasteiger partial charge in [0.15, 0.2) is 0 Å². The van der Waals surface area contributed by atoms with E-state index in [0.717, 1.165) is 28.6 Å². The van der Waals surface area contributed by atoms with E-state index >= 15 is 0 Å². The Kier molecular flexibility index (Phi) is 4.26. The lowest BCUT2D eigenvalue weighted by molar-refractivity contribution is 0.201. The number of fused-ring (bicyclic) bond motifs is 1. The highest BCUT2D eigenvalue weighted by Crippen LogP contribution is 2.19. The molecular weight excluding hydrogens is 280 g/mol. The second-order valence-electron chi connectivity index (χ2n) is 4.21. The number of urea groups is 1. The minimum absolute atomic E-state index is 0. The molecule has 0 spiro atoms. The second kappa shape index (κ2) is 5.94. The molecule has 1 aliphatic rings. The van der Waals surface area contributed by atoms with Gasteiger partial charge < -0.3 is 4.74 Å². The van der Waals surface area contributed by atoms with Crippen LogP contribution >= 0.6 is 12.4 Å². The summed E-state index contributed by atoms with van der Waals surface area (Å²) in [5, 5.41) is 8.26. The lowest BCUT2D eigenvalue weighted by atomic mass is 10.1. The number of amides is 2. The van der Waals surface area contributed by atoms with Crippen LogP contribution in [0.4, 0.5) is 4.79 Å². The molecule has 1 aliphatic heterocycles. The van der Waals surface area contributed by atoms with E-state index in [4.69, 9.17) is 4.74 Å². The quantitative estimate of drug-likeness (QED) is 0.938. The number of methoxy groups -OCH3 is 1. The molecule has 2 aromatic rings. The molecule has 0 bridgehead atoms. The number of carbonyl (C=O) groups is 1. The zero-order valence-electron chi connectivity index (χ0n) is 10.8. The number of aliphatic imine (C=N–C) groups is 2. The van der Waals surface area contributed by atoms with Gasteiger partial charge in [-0.15, -0.1) is 12.4 Å². The van der Waals surface area contributed by atoms with Gasteiger partial charge in [0.05, 0.1) is 24.0 Å². The number of aromatic amines is 1. The van der Waals surface area contributed by atoms with E-state index in [0.29, 0.717) is 12.3 Å². The van der Waals surface area contributed by atoms with Crippen molar-refractivity contribution in [2.75, 3.05) is 13.7 Å². The topological polar surface area (TPSA) is 79.7 Å². The first-order chi connectivity index (χ1) is 9.28. The molecule has 3 rings (SSSR count). The zero-order valence-corrected chi connectivity index (χ0v) is 11.6. The number of nitrogens with one attached hydrogen (secondary N) is 1. The van der Waals surface area contributed by atoms with Crippen molar-refractivity contribution in [1.29, 1.82) is 0 Å². The van der Waals surface area contributed by atoms with Crippen LogP contribution in [0.5, 0.6) is 0 Å². The van der Waals surface area contributed by atoms with Gasteiger partial charge in [0.1, 0.15) is 0 Å². The summed E-state index contributed by atoms with van der Waals surface area (Å²) in [6, 6.07) is 5.29. The lowest BCUT2D eigenvalue weighted by Gasteiger charge is -2.00. The molecule has 0 unspecified atom stereocenters. The summed E-state index contributed by atoms with van der Waals surface area (Å²) in [6.07, 6.45) is 2.24. The van der Waals surface area contributed by atoms with Crippen LogP contribution in [-0.2, 0) is 11.2 Å². The molecule has 0 radical (unpaired) electrons. The smallest absolute Gasteiger partial charge is 0.367 e. The van der Waals surface area contributed by atoms with Crippen molar-refractivity contribution < 1.29 is 9.53 Å². The van der Waals surface area contributed by atoms with Crippen LogP contribution in [0.2, 0.25) is 0 Å². The number of hydrogen-bond donors (Lipinski definition) is 1. The predicted octanol–water partition coefficient (Wildman–Crippen LogP) is 2.17. The van der Waals surface area contributed by atoms with Crippen LogP contribution in [0.15, 0.2) is 28.2 Å². The Labute approximate surface area is 121 Å². The summed E-state index contributed by atoms with van der Waals surface area (Å²) in [7, 11) is 1.67. The number of nitrogens with zero attached hydrogens (tertiary/aromatic N) is 3. The monoisotopic (exact) mass is 292 g/mol. The Morgan fingerprint density at radius 2 is 2.20 bits per heavy atom. The maximum absolute atomic E-state index is 11.0. The summed E-state index contributed by atoms with van der Waals surface area (Å²) >= 11 is 0. The Balaban J connectivity index is 0.00000147. The molecule has 0 aliphatic carbocycles. The Hall–Kier alpha value is -2.05. The molecule has 6 nitrogen and oxygen atoms in total. The van der Waals surface area contributed by atoms with E-state index in [2.05, 4.69) is 20.2 Å². The molecule has 0 saturated carbocycles.